The van der Waals surface area contributed by atoms with E-state index >= 15 is 0 Å². The van der Waals surface area contributed by atoms with Gasteiger partial charge < -0.3 is 9.57 Å². The highest BCUT2D eigenvalue weighted by atomic mass is 16.6. The monoisotopic (exact) mass is 172 g/mol. The van der Waals surface area contributed by atoms with Crippen LogP contribution in [-0.4, -0.2) is 31.5 Å². The number of isocyanates is 2. The molecule has 0 unspecified atom stereocenters. The summed E-state index contributed by atoms with van der Waals surface area (Å²) in [4.78, 5) is 35.9. The lowest BCUT2D eigenvalue weighted by molar-refractivity contribution is 0.0809. The fourth-order valence-corrected chi connectivity index (χ4v) is 0.308. The number of ether oxygens (including phenoxy) is 1. The Morgan fingerprint density at radius 2 is 2.00 bits per heavy atom. The van der Waals surface area contributed by atoms with Gasteiger partial charge in [-0.25, -0.2) is 14.4 Å². The first kappa shape index (κ1) is 10.0. The molecular weight excluding hydrogens is 168 g/mol. The van der Waals surface area contributed by atoms with Gasteiger partial charge in [0.05, 0.1) is 0 Å². The first-order valence-corrected chi connectivity index (χ1v) is 2.75. The lowest BCUT2D eigenvalue weighted by Gasteiger charge is -1.96. The number of rotatable bonds is 4. The fourth-order valence-electron chi connectivity index (χ4n) is 0.308. The summed E-state index contributed by atoms with van der Waals surface area (Å²) >= 11 is 0. The van der Waals surface area contributed by atoms with Gasteiger partial charge >= 0.3 is 6.09 Å². The van der Waals surface area contributed by atoms with Gasteiger partial charge in [-0.2, -0.15) is 0 Å². The summed E-state index contributed by atoms with van der Waals surface area (Å²) in [6, 6.07) is 0. The van der Waals surface area contributed by atoms with Crippen molar-refractivity contribution in [2.45, 2.75) is 0 Å². The minimum Gasteiger partial charge on any atom is -0.444 e. The van der Waals surface area contributed by atoms with Crippen LogP contribution in [0.1, 0.15) is 0 Å². The average Bonchev–Trinajstić information content (AvgIpc) is 2.05. The van der Waals surface area contributed by atoms with E-state index in [0.717, 1.165) is 12.2 Å². The molecule has 0 N–H and O–H groups in total. The molecule has 64 valence electrons. The van der Waals surface area contributed by atoms with Crippen LogP contribution in [0.4, 0.5) is 4.79 Å². The van der Waals surface area contributed by atoms with Gasteiger partial charge in [0.25, 0.3) is 6.08 Å². The molecule has 0 saturated carbocycles. The Morgan fingerprint density at radius 1 is 1.25 bits per heavy atom. The predicted molar refractivity (Wildman–Crippen MR) is 33.5 cm³/mol. The Hall–Kier alpha value is -1.97. The number of hydrogen-bond donors (Lipinski definition) is 0. The second kappa shape index (κ2) is 7.14. The normalized spacial score (nSPS) is 7.33. The SMILES string of the molecule is O=C=NOCCOC(=O)N=C=O. The largest absolute Gasteiger partial charge is 0.444 e. The van der Waals surface area contributed by atoms with E-state index in [1.54, 1.807) is 0 Å². The van der Waals surface area contributed by atoms with E-state index in [2.05, 4.69) is 19.7 Å². The molecule has 12 heavy (non-hydrogen) atoms. The highest BCUT2D eigenvalue weighted by molar-refractivity contribution is 5.74. The van der Waals surface area contributed by atoms with Gasteiger partial charge in [0.15, 0.2) is 6.61 Å². The zero-order valence-electron chi connectivity index (χ0n) is 5.85. The third kappa shape index (κ3) is 6.15. The molecule has 0 radical (unpaired) electrons. The first-order chi connectivity index (χ1) is 5.81. The van der Waals surface area contributed by atoms with Crippen molar-refractivity contribution < 1.29 is 24.0 Å². The van der Waals surface area contributed by atoms with Crippen molar-refractivity contribution in [1.82, 2.24) is 0 Å². The summed E-state index contributed by atoms with van der Waals surface area (Å²) in [5, 5.41) is 2.71. The molecule has 0 aromatic rings. The molecular formula is C5H4N2O5. The minimum atomic E-state index is -1.07. The quantitative estimate of drug-likeness (QED) is 0.251. The standard InChI is InChI=1S/C5H4N2O5/c8-3-6-5(10)11-1-2-12-7-4-9/h1-2H2. The molecule has 0 bridgehead atoms. The molecule has 1 amide bonds. The van der Waals surface area contributed by atoms with Crippen molar-refractivity contribution >= 4 is 18.3 Å². The van der Waals surface area contributed by atoms with Crippen LogP contribution in [0.25, 0.3) is 0 Å². The van der Waals surface area contributed by atoms with Gasteiger partial charge in [-0.3, -0.25) is 0 Å². The van der Waals surface area contributed by atoms with Crippen LogP contribution in [0, 0.1) is 0 Å². The van der Waals surface area contributed by atoms with Crippen molar-refractivity contribution in [2.24, 2.45) is 10.1 Å². The maximum atomic E-state index is 10.3. The molecule has 0 aliphatic carbocycles. The molecule has 0 saturated heterocycles. The van der Waals surface area contributed by atoms with Crippen LogP contribution in [0.5, 0.6) is 0 Å². The molecule has 0 fully saturated rings. The molecule has 0 rings (SSSR count). The van der Waals surface area contributed by atoms with Crippen molar-refractivity contribution in [2.75, 3.05) is 13.2 Å². The maximum Gasteiger partial charge on any atom is 0.444 e. The van der Waals surface area contributed by atoms with Crippen LogP contribution < -0.4 is 0 Å². The third-order valence-electron chi connectivity index (χ3n) is 0.639. The number of nitrogens with zero attached hydrogens (tertiary/aromatic N) is 2. The van der Waals surface area contributed by atoms with Gasteiger partial charge in [0.1, 0.15) is 6.61 Å². The van der Waals surface area contributed by atoms with Crippen molar-refractivity contribution in [1.29, 1.82) is 0 Å². The van der Waals surface area contributed by atoms with E-state index in [0.29, 0.717) is 0 Å². The van der Waals surface area contributed by atoms with Crippen LogP contribution in [0.15, 0.2) is 10.1 Å². The minimum absolute atomic E-state index is 0.102. The molecule has 0 heterocycles. The van der Waals surface area contributed by atoms with E-state index in [9.17, 15) is 14.4 Å². The molecule has 0 aromatic carbocycles. The summed E-state index contributed by atoms with van der Waals surface area (Å²) in [7, 11) is 0. The van der Waals surface area contributed by atoms with Crippen LogP contribution in [0.3, 0.4) is 0 Å². The summed E-state index contributed by atoms with van der Waals surface area (Å²) in [6.45, 7) is -0.259. The second-order valence-corrected chi connectivity index (χ2v) is 1.33. The van der Waals surface area contributed by atoms with E-state index < -0.39 is 6.09 Å². The fraction of sp³-hybridized carbons (Fsp3) is 0.400. The van der Waals surface area contributed by atoms with Gasteiger partial charge in [-0.05, 0) is 0 Å². The Kier molecular flexibility index (Phi) is 5.97. The molecule has 0 aromatic heterocycles. The number of amides is 1. The van der Waals surface area contributed by atoms with Crippen LogP contribution >= 0.6 is 0 Å². The topological polar surface area (TPSA) is 94.4 Å². The lowest BCUT2D eigenvalue weighted by atomic mass is 10.8. The summed E-state index contributed by atoms with van der Waals surface area (Å²) in [5.41, 5.74) is 0. The number of hydrogen-bond acceptors (Lipinski definition) is 6. The molecule has 0 atom stereocenters. The summed E-state index contributed by atoms with van der Waals surface area (Å²) in [5.74, 6) is 0. The van der Waals surface area contributed by atoms with Crippen molar-refractivity contribution in [3.8, 4) is 0 Å². The Bertz CT molecular complexity index is 238. The highest BCUT2D eigenvalue weighted by Crippen LogP contribution is 1.82. The van der Waals surface area contributed by atoms with Gasteiger partial charge in [0.2, 0.25) is 6.08 Å². The Labute approximate surface area is 66.7 Å². The molecule has 0 spiro atoms. The maximum absolute atomic E-state index is 10.3. The number of carbonyl (C=O) groups is 1. The van der Waals surface area contributed by atoms with Gasteiger partial charge in [-0.1, -0.05) is 4.99 Å². The third-order valence-corrected chi connectivity index (χ3v) is 0.639. The number of aliphatic imine (C=N–C) groups is 1. The first-order valence-electron chi connectivity index (χ1n) is 2.75. The summed E-state index contributed by atoms with van der Waals surface area (Å²) in [6.07, 6.45) is 1.03. The Morgan fingerprint density at radius 3 is 2.58 bits per heavy atom. The zero-order valence-corrected chi connectivity index (χ0v) is 5.85. The molecule has 7 heteroatoms. The van der Waals surface area contributed by atoms with E-state index in [-0.39, 0.29) is 13.2 Å². The summed E-state index contributed by atoms with van der Waals surface area (Å²) < 4.78 is 4.25. The lowest BCUT2D eigenvalue weighted by Crippen LogP contribution is -2.05. The van der Waals surface area contributed by atoms with Gasteiger partial charge in [0, 0.05) is 5.16 Å². The Balaban J connectivity index is 3.37. The predicted octanol–water partition coefficient (Wildman–Crippen LogP) is -0.274. The molecule has 0 aliphatic rings. The number of carbonyl (C=O) groups excluding carboxylic acids is 3. The van der Waals surface area contributed by atoms with Gasteiger partial charge in [-0.15, -0.1) is 0 Å². The van der Waals surface area contributed by atoms with Crippen molar-refractivity contribution in [3.63, 3.8) is 0 Å². The van der Waals surface area contributed by atoms with Crippen molar-refractivity contribution in [3.05, 3.63) is 0 Å². The highest BCUT2D eigenvalue weighted by Gasteiger charge is 1.97. The van der Waals surface area contributed by atoms with Crippen LogP contribution in [0.2, 0.25) is 0 Å². The molecule has 7 nitrogen and oxygen atoms in total. The van der Waals surface area contributed by atoms with E-state index in [1.807, 2.05) is 0 Å². The second-order valence-electron chi connectivity index (χ2n) is 1.33. The van der Waals surface area contributed by atoms with Crippen LogP contribution in [-0.2, 0) is 19.2 Å². The average molecular weight is 172 g/mol. The zero-order chi connectivity index (χ0) is 9.23. The van der Waals surface area contributed by atoms with E-state index in [1.165, 1.54) is 0 Å². The van der Waals surface area contributed by atoms with E-state index in [4.69, 9.17) is 0 Å². The molecule has 0 aliphatic heterocycles. The smallest absolute Gasteiger partial charge is 0.444 e.